The van der Waals surface area contributed by atoms with Crippen LogP contribution in [-0.2, 0) is 11.2 Å². The molecule has 0 atom stereocenters. The topological polar surface area (TPSA) is 54.5 Å². The highest BCUT2D eigenvalue weighted by Crippen LogP contribution is 2.27. The Hall–Kier alpha value is -3.18. The van der Waals surface area contributed by atoms with E-state index < -0.39 is 0 Å². The maximum Gasteiger partial charge on any atom is 0.224 e. The molecular weight excluding hydrogens is 410 g/mol. The van der Waals surface area contributed by atoms with Crippen molar-refractivity contribution >= 4 is 28.6 Å². The second-order valence-corrected chi connectivity index (χ2v) is 9.00. The highest BCUT2D eigenvalue weighted by Gasteiger charge is 2.15. The van der Waals surface area contributed by atoms with E-state index in [4.69, 9.17) is 9.72 Å². The molecule has 3 heterocycles. The van der Waals surface area contributed by atoms with Crippen LogP contribution in [-0.4, -0.2) is 42.0 Å². The first-order chi connectivity index (χ1) is 16.2. The summed E-state index contributed by atoms with van der Waals surface area (Å²) in [7, 11) is 0. The van der Waals surface area contributed by atoms with Crippen molar-refractivity contribution in [2.24, 2.45) is 0 Å². The number of pyridine rings is 1. The van der Waals surface area contributed by atoms with Gasteiger partial charge in [0.05, 0.1) is 17.8 Å². The molecule has 1 aromatic heterocycles. The second-order valence-electron chi connectivity index (χ2n) is 9.00. The van der Waals surface area contributed by atoms with E-state index >= 15 is 0 Å². The lowest BCUT2D eigenvalue weighted by Gasteiger charge is -2.28. The second kappa shape index (κ2) is 10.2. The first kappa shape index (κ1) is 21.7. The number of hydrogen-bond donors (Lipinski definition) is 1. The number of aromatic nitrogens is 1. The maximum absolute atomic E-state index is 11.7. The number of nitrogens with one attached hydrogen (secondary N) is 1. The molecule has 2 aliphatic heterocycles. The summed E-state index contributed by atoms with van der Waals surface area (Å²) in [6.45, 7) is 3.96. The Kier molecular flexibility index (Phi) is 6.68. The van der Waals surface area contributed by atoms with Gasteiger partial charge in [-0.25, -0.2) is 4.98 Å². The molecule has 1 N–H and O–H groups in total. The molecule has 2 aliphatic rings. The molecule has 5 nitrogen and oxygen atoms in total. The monoisotopic (exact) mass is 441 g/mol. The van der Waals surface area contributed by atoms with Crippen LogP contribution in [0.3, 0.4) is 0 Å². The third-order valence-corrected chi connectivity index (χ3v) is 6.56. The van der Waals surface area contributed by atoms with Gasteiger partial charge in [0.15, 0.2) is 0 Å². The van der Waals surface area contributed by atoms with Gasteiger partial charge in [-0.3, -0.25) is 4.79 Å². The largest absolute Gasteiger partial charge is 0.494 e. The van der Waals surface area contributed by atoms with Crippen molar-refractivity contribution in [3.05, 3.63) is 71.4 Å². The third-order valence-electron chi connectivity index (χ3n) is 6.56. The third kappa shape index (κ3) is 5.60. The Morgan fingerprint density at radius 1 is 1.00 bits per heavy atom. The highest BCUT2D eigenvalue weighted by atomic mass is 16.5. The fourth-order valence-corrected chi connectivity index (χ4v) is 4.70. The summed E-state index contributed by atoms with van der Waals surface area (Å²) >= 11 is 0. The van der Waals surface area contributed by atoms with Crippen LogP contribution in [0.5, 0.6) is 5.75 Å². The predicted octanol–water partition coefficient (Wildman–Crippen LogP) is 5.46. The zero-order valence-electron chi connectivity index (χ0n) is 19.1. The van der Waals surface area contributed by atoms with E-state index in [0.717, 1.165) is 74.4 Å². The van der Waals surface area contributed by atoms with Gasteiger partial charge < -0.3 is 15.0 Å². The first-order valence-electron chi connectivity index (χ1n) is 12.1. The number of piperidine rings is 1. The Labute approximate surface area is 195 Å². The summed E-state index contributed by atoms with van der Waals surface area (Å²) in [4.78, 5) is 19.0. The van der Waals surface area contributed by atoms with Gasteiger partial charge in [0, 0.05) is 37.1 Å². The predicted molar refractivity (Wildman–Crippen MR) is 134 cm³/mol. The molecule has 1 saturated heterocycles. The standard InChI is InChI=1S/C28H31N3O2/c32-28-8-3-6-23-20-25(11-12-27(23)30-28)33-18-4-15-31-16-13-21(14-17-31)19-24-10-9-22-5-1-2-7-26(22)29-24/h1-2,5,7,9-12,19-20H,3-4,6,8,13-18H2,(H,30,32). The molecule has 1 amide bonds. The summed E-state index contributed by atoms with van der Waals surface area (Å²) in [5, 5.41) is 4.17. The Morgan fingerprint density at radius 2 is 1.88 bits per heavy atom. The fourth-order valence-electron chi connectivity index (χ4n) is 4.70. The maximum atomic E-state index is 11.7. The molecule has 2 aromatic carbocycles. The minimum Gasteiger partial charge on any atom is -0.494 e. The van der Waals surface area contributed by atoms with Gasteiger partial charge in [0.25, 0.3) is 0 Å². The summed E-state index contributed by atoms with van der Waals surface area (Å²) in [6, 6.07) is 18.6. The molecule has 5 heteroatoms. The van der Waals surface area contributed by atoms with Crippen LogP contribution >= 0.6 is 0 Å². The number of anilines is 1. The number of carbonyl (C=O) groups excluding carboxylic acids is 1. The van der Waals surface area contributed by atoms with Gasteiger partial charge in [-0.15, -0.1) is 0 Å². The van der Waals surface area contributed by atoms with E-state index in [2.05, 4.69) is 52.7 Å². The fraction of sp³-hybridized carbons (Fsp3) is 0.357. The minimum absolute atomic E-state index is 0.107. The summed E-state index contributed by atoms with van der Waals surface area (Å²) in [5.74, 6) is 1.01. The van der Waals surface area contributed by atoms with Crippen LogP contribution in [0.15, 0.2) is 60.2 Å². The summed E-state index contributed by atoms with van der Waals surface area (Å²) in [6.07, 6.45) is 7.90. The summed E-state index contributed by atoms with van der Waals surface area (Å²) in [5.41, 5.74) is 5.72. The van der Waals surface area contributed by atoms with Crippen LogP contribution in [0.1, 0.15) is 43.4 Å². The number of nitrogens with zero attached hydrogens (tertiary/aromatic N) is 2. The number of benzene rings is 2. The highest BCUT2D eigenvalue weighted by molar-refractivity contribution is 5.92. The van der Waals surface area contributed by atoms with Crippen LogP contribution in [0.4, 0.5) is 5.69 Å². The van der Waals surface area contributed by atoms with Crippen LogP contribution < -0.4 is 10.1 Å². The molecule has 33 heavy (non-hydrogen) atoms. The average molecular weight is 442 g/mol. The normalized spacial score (nSPS) is 16.7. The van der Waals surface area contributed by atoms with Gasteiger partial charge in [0.1, 0.15) is 5.75 Å². The van der Waals surface area contributed by atoms with Gasteiger partial charge in [-0.1, -0.05) is 29.8 Å². The molecule has 0 saturated carbocycles. The lowest BCUT2D eigenvalue weighted by atomic mass is 10.0. The number of carbonyl (C=O) groups is 1. The number of aryl methyl sites for hydroxylation is 1. The van der Waals surface area contributed by atoms with Gasteiger partial charge in [0.2, 0.25) is 5.91 Å². The lowest BCUT2D eigenvalue weighted by Crippen LogP contribution is -2.32. The number of fused-ring (bicyclic) bond motifs is 2. The molecular formula is C28H31N3O2. The van der Waals surface area contributed by atoms with E-state index in [1.807, 2.05) is 18.2 Å². The van der Waals surface area contributed by atoms with Crippen LogP contribution in [0.25, 0.3) is 17.0 Å². The number of amides is 1. The SMILES string of the molecule is O=C1CCCc2cc(OCCCN3CCC(=Cc4ccc5ccccc5n4)CC3)ccc2N1. The van der Waals surface area contributed by atoms with Crippen molar-refractivity contribution in [2.75, 3.05) is 31.6 Å². The smallest absolute Gasteiger partial charge is 0.224 e. The Morgan fingerprint density at radius 3 is 2.79 bits per heavy atom. The van der Waals surface area contributed by atoms with Crippen molar-refractivity contribution in [1.29, 1.82) is 0 Å². The van der Waals surface area contributed by atoms with Crippen molar-refractivity contribution in [3.8, 4) is 5.75 Å². The lowest BCUT2D eigenvalue weighted by molar-refractivity contribution is -0.116. The number of rotatable bonds is 6. The number of ether oxygens (including phenoxy) is 1. The van der Waals surface area contributed by atoms with Crippen molar-refractivity contribution < 1.29 is 9.53 Å². The summed E-state index contributed by atoms with van der Waals surface area (Å²) < 4.78 is 6.01. The van der Waals surface area contributed by atoms with Crippen molar-refractivity contribution in [3.63, 3.8) is 0 Å². The Balaban J connectivity index is 1.06. The average Bonchev–Trinajstić information content (AvgIpc) is 3.03. The van der Waals surface area contributed by atoms with E-state index in [1.165, 1.54) is 16.5 Å². The quantitative estimate of drug-likeness (QED) is 0.516. The van der Waals surface area contributed by atoms with Gasteiger partial charge >= 0.3 is 0 Å². The molecule has 0 bridgehead atoms. The minimum atomic E-state index is 0.107. The molecule has 0 unspecified atom stereocenters. The van der Waals surface area contributed by atoms with Crippen molar-refractivity contribution in [2.45, 2.75) is 38.5 Å². The number of hydrogen-bond acceptors (Lipinski definition) is 4. The van der Waals surface area contributed by atoms with E-state index in [9.17, 15) is 4.79 Å². The molecule has 0 aliphatic carbocycles. The van der Waals surface area contributed by atoms with Gasteiger partial charge in [-0.05, 0) is 74.1 Å². The van der Waals surface area contributed by atoms with Crippen molar-refractivity contribution in [1.82, 2.24) is 9.88 Å². The molecule has 170 valence electrons. The van der Waals surface area contributed by atoms with Crippen LogP contribution in [0.2, 0.25) is 0 Å². The molecule has 0 spiro atoms. The van der Waals surface area contributed by atoms with E-state index in [1.54, 1.807) is 0 Å². The molecule has 0 radical (unpaired) electrons. The first-order valence-corrected chi connectivity index (χ1v) is 12.1. The molecule has 1 fully saturated rings. The van der Waals surface area contributed by atoms with E-state index in [-0.39, 0.29) is 5.91 Å². The number of likely N-dealkylation sites (tertiary alicyclic amines) is 1. The van der Waals surface area contributed by atoms with Gasteiger partial charge in [-0.2, -0.15) is 0 Å². The van der Waals surface area contributed by atoms with Crippen LogP contribution in [0, 0.1) is 0 Å². The van der Waals surface area contributed by atoms with E-state index in [0.29, 0.717) is 13.0 Å². The molecule has 3 aromatic rings. The number of para-hydroxylation sites is 1. The Bertz CT molecular complexity index is 1160. The molecule has 5 rings (SSSR count). The zero-order chi connectivity index (χ0) is 22.5. The zero-order valence-corrected chi connectivity index (χ0v) is 19.1.